The minimum atomic E-state index is -0.194. The standard InChI is InChI=1S/C28H22BrClN4O/c29-20-11-9-19(10-12-20)26-32-34-25(27(35)31-22-15-13-21(30)14-16-22)24(18-6-2-1-3-7-18)23-8-4-5-17-33(26)28(23)34/h1-3,6-7,9-16H,4-5,8,17H2,(H,31,35). The van der Waals surface area contributed by atoms with E-state index in [1.54, 1.807) is 12.1 Å². The predicted molar refractivity (Wildman–Crippen MR) is 144 cm³/mol. The number of anilines is 1. The van der Waals surface area contributed by atoms with Crippen LogP contribution in [0.2, 0.25) is 5.02 Å². The second kappa shape index (κ2) is 9.02. The van der Waals surface area contributed by atoms with Crippen LogP contribution in [0.25, 0.3) is 28.2 Å². The van der Waals surface area contributed by atoms with Gasteiger partial charge in [0, 0.05) is 38.4 Å². The highest BCUT2D eigenvalue weighted by molar-refractivity contribution is 9.10. The molecule has 0 spiro atoms. The lowest BCUT2D eigenvalue weighted by molar-refractivity contribution is 0.102. The van der Waals surface area contributed by atoms with Crippen molar-refractivity contribution in [1.29, 1.82) is 0 Å². The highest BCUT2D eigenvalue weighted by Gasteiger charge is 2.30. The van der Waals surface area contributed by atoms with E-state index in [1.165, 1.54) is 5.56 Å². The van der Waals surface area contributed by atoms with Crippen molar-refractivity contribution < 1.29 is 4.79 Å². The lowest BCUT2D eigenvalue weighted by atomic mass is 9.98. The molecule has 5 nitrogen and oxygen atoms in total. The van der Waals surface area contributed by atoms with Crippen LogP contribution in [-0.2, 0) is 13.0 Å². The van der Waals surface area contributed by atoms with Gasteiger partial charge in [-0.3, -0.25) is 4.79 Å². The Bertz CT molecular complexity index is 1540. The number of hydrogen-bond donors (Lipinski definition) is 1. The lowest BCUT2D eigenvalue weighted by Gasteiger charge is -2.10. The zero-order chi connectivity index (χ0) is 23.9. The van der Waals surface area contributed by atoms with E-state index in [0.29, 0.717) is 16.4 Å². The summed E-state index contributed by atoms with van der Waals surface area (Å²) >= 11 is 9.57. The van der Waals surface area contributed by atoms with Crippen LogP contribution in [0.1, 0.15) is 28.9 Å². The van der Waals surface area contributed by atoms with Gasteiger partial charge in [-0.25, -0.2) is 4.52 Å². The fourth-order valence-corrected chi connectivity index (χ4v) is 5.29. The molecule has 35 heavy (non-hydrogen) atoms. The molecule has 0 radical (unpaired) electrons. The second-order valence-electron chi connectivity index (χ2n) is 8.70. The number of halogens is 2. The fourth-order valence-electron chi connectivity index (χ4n) is 4.90. The van der Waals surface area contributed by atoms with Crippen molar-refractivity contribution in [2.75, 3.05) is 5.32 Å². The van der Waals surface area contributed by atoms with Gasteiger partial charge in [-0.1, -0.05) is 70.0 Å². The average molecular weight is 546 g/mol. The Hall–Kier alpha value is -3.35. The molecule has 1 aliphatic heterocycles. The van der Waals surface area contributed by atoms with Crippen molar-refractivity contribution in [2.24, 2.45) is 0 Å². The minimum absolute atomic E-state index is 0.194. The number of amides is 1. The molecule has 6 rings (SSSR count). The van der Waals surface area contributed by atoms with E-state index in [9.17, 15) is 4.79 Å². The molecule has 2 aromatic heterocycles. The van der Waals surface area contributed by atoms with Gasteiger partial charge < -0.3 is 9.88 Å². The number of carbonyl (C=O) groups excluding carboxylic acids is 1. The first-order valence-electron chi connectivity index (χ1n) is 11.6. The Labute approximate surface area is 216 Å². The van der Waals surface area contributed by atoms with Crippen LogP contribution in [0, 0.1) is 0 Å². The first kappa shape index (κ1) is 22.1. The lowest BCUT2D eigenvalue weighted by Crippen LogP contribution is -2.16. The fraction of sp³-hybridized carbons (Fsp3) is 0.143. The van der Waals surface area contributed by atoms with Crippen LogP contribution in [-0.4, -0.2) is 20.1 Å². The maximum Gasteiger partial charge on any atom is 0.275 e. The molecule has 0 saturated carbocycles. The molecule has 0 bridgehead atoms. The van der Waals surface area contributed by atoms with Crippen LogP contribution in [0.15, 0.2) is 83.3 Å². The van der Waals surface area contributed by atoms with E-state index in [2.05, 4.69) is 50.1 Å². The number of aryl methyl sites for hydroxylation is 2. The van der Waals surface area contributed by atoms with Crippen molar-refractivity contribution in [3.8, 4) is 22.5 Å². The number of hydrogen-bond acceptors (Lipinski definition) is 2. The van der Waals surface area contributed by atoms with Crippen molar-refractivity contribution in [3.05, 3.63) is 99.6 Å². The quantitative estimate of drug-likeness (QED) is 0.255. The summed E-state index contributed by atoms with van der Waals surface area (Å²) < 4.78 is 5.15. The predicted octanol–water partition coefficient (Wildman–Crippen LogP) is 7.47. The SMILES string of the molecule is O=C(Nc1ccc(Cl)cc1)c1c(-c2ccccc2)c2c3n(c(-c4ccc(Br)cc4)nn13)CCCC2. The summed E-state index contributed by atoms with van der Waals surface area (Å²) in [6.45, 7) is 0.860. The van der Waals surface area contributed by atoms with Crippen molar-refractivity contribution >= 4 is 44.8 Å². The number of aromatic nitrogens is 3. The van der Waals surface area contributed by atoms with Gasteiger partial charge in [-0.2, -0.15) is 0 Å². The molecule has 1 N–H and O–H groups in total. The van der Waals surface area contributed by atoms with Gasteiger partial charge in [0.1, 0.15) is 11.3 Å². The molecule has 1 amide bonds. The first-order chi connectivity index (χ1) is 17.1. The number of benzene rings is 3. The number of rotatable bonds is 4. The van der Waals surface area contributed by atoms with E-state index >= 15 is 0 Å². The highest BCUT2D eigenvalue weighted by Crippen LogP contribution is 2.38. The summed E-state index contributed by atoms with van der Waals surface area (Å²) in [5.41, 5.74) is 6.41. The zero-order valence-corrected chi connectivity index (χ0v) is 21.2. The second-order valence-corrected chi connectivity index (χ2v) is 10.1. The third-order valence-electron chi connectivity index (χ3n) is 6.47. The zero-order valence-electron chi connectivity index (χ0n) is 18.8. The molecule has 3 heterocycles. The third kappa shape index (κ3) is 3.97. The molecular weight excluding hydrogens is 524 g/mol. The number of nitrogens with zero attached hydrogens (tertiary/aromatic N) is 3. The molecule has 3 aromatic carbocycles. The van der Waals surface area contributed by atoms with E-state index < -0.39 is 0 Å². The summed E-state index contributed by atoms with van der Waals surface area (Å²) in [5, 5.41) is 8.72. The van der Waals surface area contributed by atoms with Gasteiger partial charge in [0.2, 0.25) is 0 Å². The molecule has 0 saturated heterocycles. The van der Waals surface area contributed by atoms with Gasteiger partial charge in [0.05, 0.1) is 0 Å². The van der Waals surface area contributed by atoms with Crippen LogP contribution < -0.4 is 5.32 Å². The summed E-state index contributed by atoms with van der Waals surface area (Å²) in [6, 6.07) is 25.5. The van der Waals surface area contributed by atoms with Crippen molar-refractivity contribution in [1.82, 2.24) is 14.2 Å². The molecule has 0 unspecified atom stereocenters. The Kier molecular flexibility index (Phi) is 5.71. The van der Waals surface area contributed by atoms with E-state index in [4.69, 9.17) is 16.7 Å². The van der Waals surface area contributed by atoms with E-state index in [0.717, 1.165) is 58.4 Å². The minimum Gasteiger partial charge on any atom is -0.321 e. The van der Waals surface area contributed by atoms with Crippen molar-refractivity contribution in [3.63, 3.8) is 0 Å². The van der Waals surface area contributed by atoms with E-state index in [1.807, 2.05) is 47.0 Å². The Morgan fingerprint density at radius 3 is 2.40 bits per heavy atom. The molecule has 7 heteroatoms. The molecule has 1 aliphatic rings. The molecule has 174 valence electrons. The largest absolute Gasteiger partial charge is 0.321 e. The summed E-state index contributed by atoms with van der Waals surface area (Å²) in [4.78, 5) is 13.8. The molecule has 5 aromatic rings. The Balaban J connectivity index is 1.60. The van der Waals surface area contributed by atoms with Crippen molar-refractivity contribution in [2.45, 2.75) is 25.8 Å². The van der Waals surface area contributed by atoms with Gasteiger partial charge >= 0.3 is 0 Å². The van der Waals surface area contributed by atoms with Crippen LogP contribution in [0.5, 0.6) is 0 Å². The Morgan fingerprint density at radius 2 is 1.66 bits per heavy atom. The van der Waals surface area contributed by atoms with Gasteiger partial charge in [-0.05, 0) is 61.2 Å². The first-order valence-corrected chi connectivity index (χ1v) is 12.8. The van der Waals surface area contributed by atoms with Crippen LogP contribution in [0.4, 0.5) is 5.69 Å². The molecule has 0 atom stereocenters. The smallest absolute Gasteiger partial charge is 0.275 e. The highest BCUT2D eigenvalue weighted by atomic mass is 79.9. The Morgan fingerprint density at radius 1 is 0.914 bits per heavy atom. The summed E-state index contributed by atoms with van der Waals surface area (Å²) in [6.07, 6.45) is 3.01. The van der Waals surface area contributed by atoms with E-state index in [-0.39, 0.29) is 5.91 Å². The average Bonchev–Trinajstić information content (AvgIpc) is 3.29. The summed E-state index contributed by atoms with van der Waals surface area (Å²) in [5.74, 6) is 0.677. The molecule has 0 fully saturated rings. The molecular formula is C28H22BrClN4O. The van der Waals surface area contributed by atoms with Crippen LogP contribution >= 0.6 is 27.5 Å². The maximum absolute atomic E-state index is 13.8. The molecule has 0 aliphatic carbocycles. The van der Waals surface area contributed by atoms with Gasteiger partial charge in [-0.15, -0.1) is 5.10 Å². The topological polar surface area (TPSA) is 51.3 Å². The normalized spacial score (nSPS) is 13.1. The maximum atomic E-state index is 13.8. The third-order valence-corrected chi connectivity index (χ3v) is 7.25. The summed E-state index contributed by atoms with van der Waals surface area (Å²) in [7, 11) is 0. The van der Waals surface area contributed by atoms with Gasteiger partial charge in [0.15, 0.2) is 5.82 Å². The number of nitrogens with one attached hydrogen (secondary N) is 1. The monoisotopic (exact) mass is 544 g/mol. The number of carbonyl (C=O) groups is 1. The van der Waals surface area contributed by atoms with Gasteiger partial charge in [0.25, 0.3) is 5.91 Å². The van der Waals surface area contributed by atoms with Crippen LogP contribution in [0.3, 0.4) is 0 Å².